The number of hydrogen-bond acceptors (Lipinski definition) is 6. The Morgan fingerprint density at radius 2 is 1.84 bits per heavy atom. The third kappa shape index (κ3) is 5.15. The number of fused-ring (bicyclic) bond motifs is 1. The number of rotatable bonds is 6. The van der Waals surface area contributed by atoms with Crippen LogP contribution in [0.4, 0.5) is 24.8 Å². The van der Waals surface area contributed by atoms with E-state index >= 15 is 0 Å². The van der Waals surface area contributed by atoms with Crippen LogP contribution in [0.2, 0.25) is 0 Å². The molecule has 0 unspecified atom stereocenters. The Balaban J connectivity index is 1.34. The smallest absolute Gasteiger partial charge is 0.416 e. The zero-order chi connectivity index (χ0) is 21.7. The first-order valence-corrected chi connectivity index (χ1v) is 9.33. The molecule has 1 N–H and O–H groups in total. The third-order valence-electron chi connectivity index (χ3n) is 4.37. The predicted molar refractivity (Wildman–Crippen MR) is 111 cm³/mol. The maximum Gasteiger partial charge on any atom is 0.416 e. The molecule has 1 aromatic carbocycles. The number of pyridine rings is 1. The highest BCUT2D eigenvalue weighted by Gasteiger charge is 2.30. The van der Waals surface area contributed by atoms with E-state index in [4.69, 9.17) is 4.74 Å². The molecule has 0 spiro atoms. The first kappa shape index (κ1) is 20.3. The average Bonchev–Trinajstić information content (AvgIpc) is 3.01. The standard InChI is InChI=1S/C22H16F3N5O/c23-22(24,25)16-5-7-17(8-6-16)31-19-9-4-15(13-28-19)10-12-27-21-18-3-1-2-11-26-20(18)29-14-30-21/h2-9,11,13-14H,10,12H2,(H,27,29,30). The van der Waals surface area contributed by atoms with E-state index in [9.17, 15) is 13.2 Å². The summed E-state index contributed by atoms with van der Waals surface area (Å²) in [4.78, 5) is 16.9. The van der Waals surface area contributed by atoms with Crippen molar-refractivity contribution in [3.05, 3.63) is 77.4 Å². The number of nitrogens with zero attached hydrogens (tertiary/aromatic N) is 4. The number of hydrogen-bond donors (Lipinski definition) is 1. The van der Waals surface area contributed by atoms with Crippen LogP contribution in [0.5, 0.6) is 11.6 Å². The van der Waals surface area contributed by atoms with Crippen molar-refractivity contribution in [3.63, 3.8) is 0 Å². The summed E-state index contributed by atoms with van der Waals surface area (Å²) < 4.78 is 43.4. The number of nitrogens with one attached hydrogen (secondary N) is 1. The van der Waals surface area contributed by atoms with E-state index in [-0.39, 0.29) is 5.75 Å². The van der Waals surface area contributed by atoms with Crippen LogP contribution in [-0.2, 0) is 12.6 Å². The largest absolute Gasteiger partial charge is 0.439 e. The number of alkyl halides is 3. The molecule has 0 atom stereocenters. The molecule has 0 fully saturated rings. The van der Waals surface area contributed by atoms with Crippen molar-refractivity contribution in [1.29, 1.82) is 0 Å². The van der Waals surface area contributed by atoms with Gasteiger partial charge in [0.05, 0.1) is 11.1 Å². The summed E-state index contributed by atoms with van der Waals surface area (Å²) in [6.07, 6.45) is 4.51. The van der Waals surface area contributed by atoms with Crippen LogP contribution in [0.3, 0.4) is 0 Å². The second-order valence-corrected chi connectivity index (χ2v) is 6.52. The van der Waals surface area contributed by atoms with E-state index in [0.717, 1.165) is 23.3 Å². The van der Waals surface area contributed by atoms with E-state index < -0.39 is 11.7 Å². The molecular weight excluding hydrogens is 407 g/mol. The van der Waals surface area contributed by atoms with Gasteiger partial charge in [0.2, 0.25) is 5.88 Å². The fraction of sp³-hybridized carbons (Fsp3) is 0.136. The second-order valence-electron chi connectivity index (χ2n) is 6.52. The van der Waals surface area contributed by atoms with E-state index in [0.29, 0.717) is 30.5 Å². The molecule has 6 nitrogen and oxygen atoms in total. The summed E-state index contributed by atoms with van der Waals surface area (Å²) in [6, 6.07) is 7.99. The summed E-state index contributed by atoms with van der Waals surface area (Å²) in [7, 11) is 0. The molecule has 2 aromatic heterocycles. The summed E-state index contributed by atoms with van der Waals surface area (Å²) >= 11 is 0. The maximum absolute atomic E-state index is 12.6. The van der Waals surface area contributed by atoms with Gasteiger partial charge in [-0.2, -0.15) is 13.2 Å². The quantitative estimate of drug-likeness (QED) is 0.551. The Morgan fingerprint density at radius 3 is 2.58 bits per heavy atom. The van der Waals surface area contributed by atoms with Crippen LogP contribution < -0.4 is 10.1 Å². The van der Waals surface area contributed by atoms with Gasteiger partial charge in [0.15, 0.2) is 5.82 Å². The van der Waals surface area contributed by atoms with Gasteiger partial charge in [-0.15, -0.1) is 5.73 Å². The summed E-state index contributed by atoms with van der Waals surface area (Å²) in [5, 5.41) is 3.26. The van der Waals surface area contributed by atoms with Crippen molar-refractivity contribution in [1.82, 2.24) is 15.0 Å². The summed E-state index contributed by atoms with van der Waals surface area (Å²) in [6.45, 7) is 0.603. The van der Waals surface area contributed by atoms with Crippen LogP contribution in [0.25, 0.3) is 6.08 Å². The molecule has 4 rings (SSSR count). The van der Waals surface area contributed by atoms with Gasteiger partial charge >= 0.3 is 6.18 Å². The minimum atomic E-state index is -4.38. The number of allylic oxidation sites excluding steroid dienone is 1. The second kappa shape index (κ2) is 8.81. The maximum atomic E-state index is 12.6. The fourth-order valence-electron chi connectivity index (χ4n) is 2.82. The van der Waals surface area contributed by atoms with Gasteiger partial charge in [0, 0.05) is 25.0 Å². The van der Waals surface area contributed by atoms with Crippen LogP contribution >= 0.6 is 0 Å². The summed E-state index contributed by atoms with van der Waals surface area (Å²) in [5.74, 6) is 1.82. The lowest BCUT2D eigenvalue weighted by Crippen LogP contribution is -2.08. The van der Waals surface area contributed by atoms with Crippen LogP contribution in [0.15, 0.2) is 65.7 Å². The number of halogens is 3. The van der Waals surface area contributed by atoms with Crippen molar-refractivity contribution >= 4 is 23.9 Å². The molecule has 9 heteroatoms. The number of aliphatic imine (C=N–C) groups is 1. The lowest BCUT2D eigenvalue weighted by Gasteiger charge is -2.10. The Hall–Kier alpha value is -3.97. The van der Waals surface area contributed by atoms with Crippen molar-refractivity contribution < 1.29 is 17.9 Å². The van der Waals surface area contributed by atoms with Gasteiger partial charge in [0.1, 0.15) is 17.9 Å². The molecule has 0 bridgehead atoms. The van der Waals surface area contributed by atoms with Crippen LogP contribution in [0, 0.1) is 0 Å². The van der Waals surface area contributed by atoms with Gasteiger partial charge in [-0.3, -0.25) is 0 Å². The number of ether oxygens (including phenoxy) is 1. The highest BCUT2D eigenvalue weighted by molar-refractivity contribution is 5.82. The lowest BCUT2D eigenvalue weighted by molar-refractivity contribution is -0.137. The zero-order valence-corrected chi connectivity index (χ0v) is 16.1. The monoisotopic (exact) mass is 423 g/mol. The van der Waals surface area contributed by atoms with Gasteiger partial charge in [-0.05, 0) is 48.4 Å². The minimum absolute atomic E-state index is 0.282. The molecule has 1 aliphatic rings. The molecule has 0 saturated carbocycles. The molecule has 0 amide bonds. The molecule has 0 saturated heterocycles. The van der Waals surface area contributed by atoms with Crippen molar-refractivity contribution in [2.45, 2.75) is 12.6 Å². The molecule has 1 aliphatic heterocycles. The van der Waals surface area contributed by atoms with E-state index in [2.05, 4.69) is 31.0 Å². The van der Waals surface area contributed by atoms with Gasteiger partial charge in [-0.25, -0.2) is 19.9 Å². The molecule has 0 radical (unpaired) electrons. The third-order valence-corrected chi connectivity index (χ3v) is 4.37. The normalized spacial score (nSPS) is 12.4. The molecule has 0 aliphatic carbocycles. The summed E-state index contributed by atoms with van der Waals surface area (Å²) in [5.41, 5.74) is 3.99. The minimum Gasteiger partial charge on any atom is -0.439 e. The SMILES string of the molecule is FC(F)(F)c1ccc(Oc2ccc(CCNc3ncnc4c3C=C=CC=N4)cn2)cc1. The van der Waals surface area contributed by atoms with Crippen LogP contribution in [0.1, 0.15) is 16.7 Å². The fourth-order valence-corrected chi connectivity index (χ4v) is 2.82. The zero-order valence-electron chi connectivity index (χ0n) is 16.1. The first-order valence-electron chi connectivity index (χ1n) is 9.33. The molecule has 156 valence electrons. The first-order chi connectivity index (χ1) is 15.0. The molecular formula is C22H16F3N5O. The van der Waals surface area contributed by atoms with Gasteiger partial charge in [-0.1, -0.05) is 6.07 Å². The van der Waals surface area contributed by atoms with E-state index in [1.807, 2.05) is 6.07 Å². The predicted octanol–water partition coefficient (Wildman–Crippen LogP) is 5.22. The van der Waals surface area contributed by atoms with Crippen molar-refractivity contribution in [2.75, 3.05) is 11.9 Å². The van der Waals surface area contributed by atoms with E-state index in [1.54, 1.807) is 30.6 Å². The Labute approximate surface area is 175 Å². The number of anilines is 1. The number of benzene rings is 1. The Morgan fingerprint density at radius 1 is 1.00 bits per heavy atom. The average molecular weight is 423 g/mol. The Bertz CT molecular complexity index is 1150. The Kier molecular flexibility index (Phi) is 5.77. The number of aromatic nitrogens is 3. The molecule has 3 aromatic rings. The van der Waals surface area contributed by atoms with E-state index in [1.165, 1.54) is 18.5 Å². The van der Waals surface area contributed by atoms with Gasteiger partial charge in [0.25, 0.3) is 0 Å². The molecule has 3 heterocycles. The topological polar surface area (TPSA) is 72.3 Å². The van der Waals surface area contributed by atoms with Crippen LogP contribution in [-0.4, -0.2) is 27.7 Å². The van der Waals surface area contributed by atoms with Gasteiger partial charge < -0.3 is 10.1 Å². The van der Waals surface area contributed by atoms with Crippen molar-refractivity contribution in [3.8, 4) is 11.6 Å². The highest BCUT2D eigenvalue weighted by Crippen LogP contribution is 2.31. The van der Waals surface area contributed by atoms with Crippen molar-refractivity contribution in [2.24, 2.45) is 4.99 Å². The lowest BCUT2D eigenvalue weighted by atomic mass is 10.2. The molecule has 31 heavy (non-hydrogen) atoms. The highest BCUT2D eigenvalue weighted by atomic mass is 19.4.